The number of hydrogen-bond donors (Lipinski definition) is 1. The third kappa shape index (κ3) is 5.33. The van der Waals surface area contributed by atoms with Gasteiger partial charge in [0, 0.05) is 24.9 Å². The highest BCUT2D eigenvalue weighted by atomic mass is 32.2. The molecule has 0 aromatic carbocycles. The fourth-order valence-corrected chi connectivity index (χ4v) is 3.52. The molecule has 0 spiro atoms. The molecule has 0 unspecified atom stereocenters. The number of amides is 1. The Balaban J connectivity index is 2.43. The van der Waals surface area contributed by atoms with Gasteiger partial charge in [-0.1, -0.05) is 25.7 Å². The predicted octanol–water partition coefficient (Wildman–Crippen LogP) is 1.21. The van der Waals surface area contributed by atoms with Crippen molar-refractivity contribution < 1.29 is 13.2 Å². The van der Waals surface area contributed by atoms with Crippen LogP contribution in [0, 0.1) is 23.7 Å². The molecule has 1 rings (SSSR count). The fraction of sp³-hybridized carbons (Fsp3) is 0.800. The number of hydrogen-bond acceptors (Lipinski definition) is 3. The number of rotatable bonds is 4. The van der Waals surface area contributed by atoms with Crippen LogP contribution in [0.3, 0.4) is 0 Å². The standard InChI is InChI=1S/C15H26N2O3S/c1-12(2)6-5-9-16-15(18)14-7-10-17(11-8-14)21(19,20)13(3)4/h12-14H,7-11H2,1-4H3,(H,16,18). The summed E-state index contributed by atoms with van der Waals surface area (Å²) in [6.45, 7) is 8.58. The molecule has 120 valence electrons. The van der Waals surface area contributed by atoms with Gasteiger partial charge in [0.2, 0.25) is 15.9 Å². The Morgan fingerprint density at radius 2 is 1.81 bits per heavy atom. The average Bonchev–Trinajstić information content (AvgIpc) is 2.43. The summed E-state index contributed by atoms with van der Waals surface area (Å²) < 4.78 is 25.6. The van der Waals surface area contributed by atoms with E-state index in [4.69, 9.17) is 0 Å². The Morgan fingerprint density at radius 3 is 2.29 bits per heavy atom. The van der Waals surface area contributed by atoms with Crippen LogP contribution < -0.4 is 5.32 Å². The summed E-state index contributed by atoms with van der Waals surface area (Å²) in [5, 5.41) is 2.40. The molecule has 1 N–H and O–H groups in total. The molecular weight excluding hydrogens is 288 g/mol. The van der Waals surface area contributed by atoms with E-state index < -0.39 is 15.3 Å². The quantitative estimate of drug-likeness (QED) is 0.793. The summed E-state index contributed by atoms with van der Waals surface area (Å²) in [5.74, 6) is 6.08. The average molecular weight is 314 g/mol. The molecule has 0 radical (unpaired) electrons. The number of nitrogens with zero attached hydrogens (tertiary/aromatic N) is 1. The lowest BCUT2D eigenvalue weighted by atomic mass is 9.97. The van der Waals surface area contributed by atoms with Crippen LogP contribution in [0.15, 0.2) is 0 Å². The van der Waals surface area contributed by atoms with Crippen LogP contribution in [0.4, 0.5) is 0 Å². The van der Waals surface area contributed by atoms with Gasteiger partial charge in [-0.25, -0.2) is 12.7 Å². The first kappa shape index (κ1) is 18.0. The van der Waals surface area contributed by atoms with E-state index in [0.29, 0.717) is 38.4 Å². The summed E-state index contributed by atoms with van der Waals surface area (Å²) in [6, 6.07) is 0. The monoisotopic (exact) mass is 314 g/mol. The molecule has 6 heteroatoms. The van der Waals surface area contributed by atoms with Crippen molar-refractivity contribution >= 4 is 15.9 Å². The van der Waals surface area contributed by atoms with Crippen LogP contribution in [-0.4, -0.2) is 43.5 Å². The van der Waals surface area contributed by atoms with Gasteiger partial charge in [-0.05, 0) is 26.7 Å². The number of piperidine rings is 1. The second kappa shape index (κ2) is 7.81. The van der Waals surface area contributed by atoms with Crippen LogP contribution in [0.5, 0.6) is 0 Å². The van der Waals surface area contributed by atoms with Crippen molar-refractivity contribution in [1.82, 2.24) is 9.62 Å². The molecule has 0 atom stereocenters. The van der Waals surface area contributed by atoms with E-state index >= 15 is 0 Å². The number of carbonyl (C=O) groups excluding carboxylic acids is 1. The van der Waals surface area contributed by atoms with E-state index in [-0.39, 0.29) is 11.8 Å². The van der Waals surface area contributed by atoms with Crippen LogP contribution in [0.1, 0.15) is 40.5 Å². The maximum absolute atomic E-state index is 12.0. The highest BCUT2D eigenvalue weighted by Gasteiger charge is 2.32. The lowest BCUT2D eigenvalue weighted by Crippen LogP contribution is -2.45. The van der Waals surface area contributed by atoms with Gasteiger partial charge in [0.15, 0.2) is 0 Å². The summed E-state index contributed by atoms with van der Waals surface area (Å²) in [6.07, 6.45) is 1.16. The first-order valence-corrected chi connectivity index (χ1v) is 9.00. The minimum Gasteiger partial charge on any atom is -0.345 e. The molecule has 0 aliphatic carbocycles. The van der Waals surface area contributed by atoms with Gasteiger partial charge in [0.25, 0.3) is 0 Å². The molecule has 0 aromatic rings. The zero-order valence-electron chi connectivity index (χ0n) is 13.3. The minimum absolute atomic E-state index is 0.0188. The van der Waals surface area contributed by atoms with E-state index in [2.05, 4.69) is 17.2 Å². The lowest BCUT2D eigenvalue weighted by molar-refractivity contribution is -0.125. The molecule has 1 aliphatic heterocycles. The van der Waals surface area contributed by atoms with Crippen LogP contribution in [-0.2, 0) is 14.8 Å². The van der Waals surface area contributed by atoms with Crippen molar-refractivity contribution in [2.75, 3.05) is 19.6 Å². The van der Waals surface area contributed by atoms with Crippen LogP contribution in [0.25, 0.3) is 0 Å². The van der Waals surface area contributed by atoms with Gasteiger partial charge in [-0.3, -0.25) is 4.79 Å². The van der Waals surface area contributed by atoms with Gasteiger partial charge >= 0.3 is 0 Å². The molecule has 0 saturated carbocycles. The highest BCUT2D eigenvalue weighted by Crippen LogP contribution is 2.21. The molecule has 0 bridgehead atoms. The van der Waals surface area contributed by atoms with Crippen LogP contribution in [0.2, 0.25) is 0 Å². The zero-order valence-corrected chi connectivity index (χ0v) is 14.2. The highest BCUT2D eigenvalue weighted by molar-refractivity contribution is 7.89. The molecule has 0 aromatic heterocycles. The summed E-state index contributed by atoms with van der Waals surface area (Å²) in [7, 11) is -3.20. The third-order valence-electron chi connectivity index (χ3n) is 3.52. The fourth-order valence-electron chi connectivity index (χ4n) is 2.20. The second-order valence-corrected chi connectivity index (χ2v) is 8.45. The molecule has 1 amide bonds. The molecule has 1 fully saturated rings. The predicted molar refractivity (Wildman–Crippen MR) is 84.0 cm³/mol. The molecule has 1 heterocycles. The van der Waals surface area contributed by atoms with Gasteiger partial charge in [0.05, 0.1) is 11.8 Å². The maximum atomic E-state index is 12.0. The minimum atomic E-state index is -3.20. The number of nitrogens with one attached hydrogen (secondary N) is 1. The Hall–Kier alpha value is -1.06. The van der Waals surface area contributed by atoms with Crippen molar-refractivity contribution in [2.24, 2.45) is 11.8 Å². The van der Waals surface area contributed by atoms with Crippen molar-refractivity contribution in [3.63, 3.8) is 0 Å². The molecule has 21 heavy (non-hydrogen) atoms. The Morgan fingerprint density at radius 1 is 1.24 bits per heavy atom. The van der Waals surface area contributed by atoms with Crippen molar-refractivity contribution in [3.8, 4) is 11.8 Å². The molecule has 1 aliphatic rings. The van der Waals surface area contributed by atoms with E-state index in [9.17, 15) is 13.2 Å². The third-order valence-corrected chi connectivity index (χ3v) is 5.80. The van der Waals surface area contributed by atoms with E-state index in [1.54, 1.807) is 13.8 Å². The lowest BCUT2D eigenvalue weighted by Gasteiger charge is -2.31. The normalized spacial score (nSPS) is 17.6. The summed E-state index contributed by atoms with van der Waals surface area (Å²) in [5.41, 5.74) is 0. The number of carbonyl (C=O) groups is 1. The summed E-state index contributed by atoms with van der Waals surface area (Å²) in [4.78, 5) is 12.0. The van der Waals surface area contributed by atoms with Crippen molar-refractivity contribution in [3.05, 3.63) is 0 Å². The van der Waals surface area contributed by atoms with Gasteiger partial charge in [-0.15, -0.1) is 0 Å². The SMILES string of the molecule is CC(C)C#CCNC(=O)C1CCN(S(=O)(=O)C(C)C)CC1. The first-order chi connectivity index (χ1) is 9.75. The van der Waals surface area contributed by atoms with E-state index in [1.165, 1.54) is 4.31 Å². The van der Waals surface area contributed by atoms with Gasteiger partial charge < -0.3 is 5.32 Å². The molecule has 5 nitrogen and oxygen atoms in total. The second-order valence-electron chi connectivity index (χ2n) is 5.96. The van der Waals surface area contributed by atoms with E-state index in [0.717, 1.165) is 0 Å². The zero-order chi connectivity index (χ0) is 16.0. The van der Waals surface area contributed by atoms with Crippen molar-refractivity contribution in [2.45, 2.75) is 45.8 Å². The maximum Gasteiger partial charge on any atom is 0.223 e. The van der Waals surface area contributed by atoms with Crippen molar-refractivity contribution in [1.29, 1.82) is 0 Å². The number of sulfonamides is 1. The molecule has 1 saturated heterocycles. The molecular formula is C15H26N2O3S. The largest absolute Gasteiger partial charge is 0.345 e. The Bertz CT molecular complexity index is 507. The van der Waals surface area contributed by atoms with E-state index in [1.807, 2.05) is 13.8 Å². The Kier molecular flexibility index (Phi) is 6.69. The summed E-state index contributed by atoms with van der Waals surface area (Å²) >= 11 is 0. The van der Waals surface area contributed by atoms with Gasteiger partial charge in [0.1, 0.15) is 0 Å². The van der Waals surface area contributed by atoms with Gasteiger partial charge in [-0.2, -0.15) is 0 Å². The smallest absolute Gasteiger partial charge is 0.223 e. The Labute approximate surface area is 128 Å². The first-order valence-electron chi connectivity index (χ1n) is 7.50. The van der Waals surface area contributed by atoms with Crippen LogP contribution >= 0.6 is 0 Å². The topological polar surface area (TPSA) is 66.5 Å².